The zero-order chi connectivity index (χ0) is 18.1. The molecule has 0 radical (unpaired) electrons. The molecule has 0 aromatic heterocycles. The van der Waals surface area contributed by atoms with Crippen LogP contribution < -0.4 is 0 Å². The maximum Gasteiger partial charge on any atom is 0.416 e. The van der Waals surface area contributed by atoms with E-state index >= 15 is 0 Å². The average molecular weight is 423 g/mol. The van der Waals surface area contributed by atoms with E-state index in [2.05, 4.69) is 20.7 Å². The minimum atomic E-state index is -4.57. The number of alkyl halides is 3. The van der Waals surface area contributed by atoms with Gasteiger partial charge in [0.15, 0.2) is 0 Å². The SMILES string of the molecule is COC(=O)c1cc(Br)ccc1S(=O)(=O)c1ccc(C(F)(F)F)cc1. The first-order chi connectivity index (χ1) is 11.1. The van der Waals surface area contributed by atoms with Gasteiger partial charge in [-0.15, -0.1) is 0 Å². The second-order valence-corrected chi connectivity index (χ2v) is 7.49. The lowest BCUT2D eigenvalue weighted by Gasteiger charge is -2.11. The fourth-order valence-corrected chi connectivity index (χ4v) is 3.74. The van der Waals surface area contributed by atoms with Crippen LogP contribution in [0, 0.1) is 0 Å². The second-order valence-electron chi connectivity index (χ2n) is 4.66. The molecule has 0 aliphatic heterocycles. The number of hydrogen-bond acceptors (Lipinski definition) is 4. The van der Waals surface area contributed by atoms with Crippen LogP contribution in [0.3, 0.4) is 0 Å². The van der Waals surface area contributed by atoms with E-state index in [4.69, 9.17) is 0 Å². The predicted octanol–water partition coefficient (Wildman–Crippen LogP) is 4.09. The fraction of sp³-hybridized carbons (Fsp3) is 0.133. The summed E-state index contributed by atoms with van der Waals surface area (Å²) in [4.78, 5) is 11.1. The van der Waals surface area contributed by atoms with Crippen LogP contribution >= 0.6 is 15.9 Å². The first kappa shape index (κ1) is 18.5. The molecule has 24 heavy (non-hydrogen) atoms. The zero-order valence-corrected chi connectivity index (χ0v) is 14.5. The van der Waals surface area contributed by atoms with Gasteiger partial charge in [-0.25, -0.2) is 13.2 Å². The van der Waals surface area contributed by atoms with Crippen LogP contribution in [0.25, 0.3) is 0 Å². The van der Waals surface area contributed by atoms with Gasteiger partial charge in [0.05, 0.1) is 28.0 Å². The number of benzene rings is 2. The highest BCUT2D eigenvalue weighted by molar-refractivity contribution is 9.10. The molecule has 0 amide bonds. The first-order valence-corrected chi connectivity index (χ1v) is 8.65. The summed E-state index contributed by atoms with van der Waals surface area (Å²) in [6, 6.07) is 6.89. The molecule has 0 fully saturated rings. The Morgan fingerprint density at radius 2 is 1.67 bits per heavy atom. The van der Waals surface area contributed by atoms with Gasteiger partial charge in [-0.1, -0.05) is 15.9 Å². The van der Waals surface area contributed by atoms with Crippen molar-refractivity contribution in [1.82, 2.24) is 0 Å². The fourth-order valence-electron chi connectivity index (χ4n) is 1.96. The molecule has 0 N–H and O–H groups in total. The van der Waals surface area contributed by atoms with Gasteiger partial charge in [0.2, 0.25) is 9.84 Å². The standard InChI is InChI=1S/C15H10BrF3O4S/c1-23-14(20)12-8-10(16)4-7-13(12)24(21,22)11-5-2-9(3-6-11)15(17,18)19/h2-8H,1H3. The Hall–Kier alpha value is -1.87. The van der Waals surface area contributed by atoms with E-state index < -0.39 is 27.5 Å². The van der Waals surface area contributed by atoms with Crippen molar-refractivity contribution >= 4 is 31.7 Å². The Bertz CT molecular complexity index is 875. The molecule has 0 saturated carbocycles. The van der Waals surface area contributed by atoms with Crippen molar-refractivity contribution in [2.75, 3.05) is 7.11 Å². The quantitative estimate of drug-likeness (QED) is 0.698. The van der Waals surface area contributed by atoms with E-state index in [1.807, 2.05) is 0 Å². The first-order valence-electron chi connectivity index (χ1n) is 6.37. The lowest BCUT2D eigenvalue weighted by atomic mass is 10.2. The molecule has 0 bridgehead atoms. The normalized spacial score (nSPS) is 12.0. The minimum Gasteiger partial charge on any atom is -0.465 e. The van der Waals surface area contributed by atoms with Gasteiger partial charge >= 0.3 is 12.1 Å². The smallest absolute Gasteiger partial charge is 0.416 e. The molecule has 0 heterocycles. The van der Waals surface area contributed by atoms with Crippen LogP contribution in [-0.4, -0.2) is 21.5 Å². The van der Waals surface area contributed by atoms with Crippen molar-refractivity contribution in [2.24, 2.45) is 0 Å². The Balaban J connectivity index is 2.58. The van der Waals surface area contributed by atoms with E-state index in [1.54, 1.807) is 0 Å². The number of hydrogen-bond donors (Lipinski definition) is 0. The molecule has 2 aromatic carbocycles. The van der Waals surface area contributed by atoms with Gasteiger partial charge in [0, 0.05) is 4.47 Å². The summed E-state index contributed by atoms with van der Waals surface area (Å²) in [5.41, 5.74) is -1.18. The average Bonchev–Trinajstić information content (AvgIpc) is 2.53. The molecule has 128 valence electrons. The third-order valence-electron chi connectivity index (χ3n) is 3.13. The number of carbonyl (C=O) groups is 1. The molecule has 0 spiro atoms. The van der Waals surface area contributed by atoms with Gasteiger partial charge in [-0.2, -0.15) is 13.2 Å². The highest BCUT2D eigenvalue weighted by Gasteiger charge is 2.31. The van der Waals surface area contributed by atoms with Crippen LogP contribution in [0.4, 0.5) is 13.2 Å². The van der Waals surface area contributed by atoms with E-state index in [1.165, 1.54) is 18.2 Å². The van der Waals surface area contributed by atoms with Gasteiger partial charge in [-0.3, -0.25) is 0 Å². The number of halogens is 4. The Labute approximate surface area is 144 Å². The number of ether oxygens (including phenoxy) is 1. The van der Waals surface area contributed by atoms with Gasteiger partial charge in [-0.05, 0) is 42.5 Å². The topological polar surface area (TPSA) is 60.4 Å². The molecule has 0 unspecified atom stereocenters. The van der Waals surface area contributed by atoms with Crippen LogP contribution in [0.2, 0.25) is 0 Å². The lowest BCUT2D eigenvalue weighted by molar-refractivity contribution is -0.137. The van der Waals surface area contributed by atoms with Gasteiger partial charge < -0.3 is 4.74 Å². The number of rotatable bonds is 3. The summed E-state index contributed by atoms with van der Waals surface area (Å²) in [5.74, 6) is -0.873. The number of sulfone groups is 1. The zero-order valence-electron chi connectivity index (χ0n) is 12.1. The lowest BCUT2D eigenvalue weighted by Crippen LogP contribution is -2.12. The number of carbonyl (C=O) groups excluding carboxylic acids is 1. The van der Waals surface area contributed by atoms with Crippen LogP contribution in [0.15, 0.2) is 56.7 Å². The van der Waals surface area contributed by atoms with Gasteiger partial charge in [0.1, 0.15) is 0 Å². The largest absolute Gasteiger partial charge is 0.465 e. The summed E-state index contributed by atoms with van der Waals surface area (Å²) in [7, 11) is -3.10. The third-order valence-corrected chi connectivity index (χ3v) is 5.45. The molecular formula is C15H10BrF3O4S. The maximum atomic E-state index is 12.6. The molecule has 0 aliphatic rings. The van der Waals surface area contributed by atoms with Crippen LogP contribution in [-0.2, 0) is 20.8 Å². The van der Waals surface area contributed by atoms with Crippen molar-refractivity contribution in [2.45, 2.75) is 16.0 Å². The van der Waals surface area contributed by atoms with Crippen molar-refractivity contribution in [3.63, 3.8) is 0 Å². The van der Waals surface area contributed by atoms with Crippen LogP contribution in [0.5, 0.6) is 0 Å². The molecule has 0 aliphatic carbocycles. The second kappa shape index (κ2) is 6.56. The van der Waals surface area contributed by atoms with Gasteiger partial charge in [0.25, 0.3) is 0 Å². The highest BCUT2D eigenvalue weighted by Crippen LogP contribution is 2.32. The molecular weight excluding hydrogens is 413 g/mol. The van der Waals surface area contributed by atoms with E-state index in [9.17, 15) is 26.4 Å². The van der Waals surface area contributed by atoms with E-state index in [0.29, 0.717) is 16.6 Å². The minimum absolute atomic E-state index is 0.216. The molecule has 4 nitrogen and oxygen atoms in total. The summed E-state index contributed by atoms with van der Waals surface area (Å²) in [5, 5.41) is 0. The summed E-state index contributed by atoms with van der Waals surface area (Å²) >= 11 is 3.12. The summed E-state index contributed by atoms with van der Waals surface area (Å²) in [6.45, 7) is 0. The van der Waals surface area contributed by atoms with Crippen molar-refractivity contribution in [3.8, 4) is 0 Å². The third kappa shape index (κ3) is 3.62. The van der Waals surface area contributed by atoms with Crippen LogP contribution in [0.1, 0.15) is 15.9 Å². The molecule has 0 saturated heterocycles. The summed E-state index contributed by atoms with van der Waals surface area (Å²) in [6.07, 6.45) is -4.57. The molecule has 9 heteroatoms. The van der Waals surface area contributed by atoms with Crippen molar-refractivity contribution in [3.05, 3.63) is 58.1 Å². The van der Waals surface area contributed by atoms with Crippen molar-refractivity contribution in [1.29, 1.82) is 0 Å². The Morgan fingerprint density at radius 3 is 2.17 bits per heavy atom. The monoisotopic (exact) mass is 422 g/mol. The molecule has 0 atom stereocenters. The van der Waals surface area contributed by atoms with E-state index in [-0.39, 0.29) is 15.4 Å². The Morgan fingerprint density at radius 1 is 1.08 bits per heavy atom. The molecule has 2 aromatic rings. The highest BCUT2D eigenvalue weighted by atomic mass is 79.9. The number of esters is 1. The number of methoxy groups -OCH3 is 1. The van der Waals surface area contributed by atoms with E-state index in [0.717, 1.165) is 19.2 Å². The molecule has 2 rings (SSSR count). The predicted molar refractivity (Wildman–Crippen MR) is 82.4 cm³/mol. The maximum absolute atomic E-state index is 12.6. The summed E-state index contributed by atoms with van der Waals surface area (Å²) < 4.78 is 68.0. The Kier molecular flexibility index (Phi) is 5.05. The van der Waals surface area contributed by atoms with Crippen molar-refractivity contribution < 1.29 is 31.1 Å².